The maximum absolute atomic E-state index is 11.2. The number of esters is 1. The van der Waals surface area contributed by atoms with Crippen molar-refractivity contribution < 1.29 is 19.4 Å². The molecule has 3 atom stereocenters. The average Bonchev–Trinajstić information content (AvgIpc) is 2.61. The molecule has 8 heteroatoms. The molecule has 0 bridgehead atoms. The summed E-state index contributed by atoms with van der Waals surface area (Å²) in [5.41, 5.74) is 0. The second-order valence-corrected chi connectivity index (χ2v) is 5.88. The van der Waals surface area contributed by atoms with E-state index in [0.717, 1.165) is 0 Å². The van der Waals surface area contributed by atoms with Gasteiger partial charge in [0, 0.05) is 0 Å². The Labute approximate surface area is 114 Å². The van der Waals surface area contributed by atoms with E-state index in [1.807, 2.05) is 0 Å². The molecule has 1 heterocycles. The van der Waals surface area contributed by atoms with Crippen LogP contribution in [0.3, 0.4) is 0 Å². The Morgan fingerprint density at radius 2 is 2.24 bits per heavy atom. The van der Waals surface area contributed by atoms with Gasteiger partial charge in [-0.15, -0.1) is 0 Å². The monoisotopic (exact) mass is 303 g/mol. The number of hydrogen-bond donors (Lipinski definition) is 1. The van der Waals surface area contributed by atoms with E-state index in [4.69, 9.17) is 39.5 Å². The highest BCUT2D eigenvalue weighted by molar-refractivity contribution is 6.76. The van der Waals surface area contributed by atoms with Gasteiger partial charge in [0.25, 0.3) is 3.79 Å². The summed E-state index contributed by atoms with van der Waals surface area (Å²) in [6.45, 7) is 1.51. The number of alkyl halides is 3. The van der Waals surface area contributed by atoms with Crippen molar-refractivity contribution in [3.8, 4) is 0 Å². The number of aliphatic hydroxyl groups excluding tert-OH is 1. The molecule has 1 aliphatic rings. The highest BCUT2D eigenvalue weighted by atomic mass is 35.6. The molecule has 17 heavy (non-hydrogen) atoms. The van der Waals surface area contributed by atoms with Crippen LogP contribution in [-0.4, -0.2) is 46.1 Å². The fourth-order valence-corrected chi connectivity index (χ4v) is 1.72. The molecule has 0 unspecified atom stereocenters. The van der Waals surface area contributed by atoms with Gasteiger partial charge in [0.1, 0.15) is 12.1 Å². The Morgan fingerprint density at radius 1 is 1.65 bits per heavy atom. The Morgan fingerprint density at radius 3 is 2.65 bits per heavy atom. The van der Waals surface area contributed by atoms with Crippen LogP contribution in [0.25, 0.3) is 0 Å². The van der Waals surface area contributed by atoms with E-state index in [2.05, 4.69) is 9.73 Å². The van der Waals surface area contributed by atoms with E-state index < -0.39 is 28.0 Å². The first-order valence-corrected chi connectivity index (χ1v) is 5.95. The summed E-state index contributed by atoms with van der Waals surface area (Å²) in [5, 5.41) is 9.51. The molecule has 98 valence electrons. The zero-order valence-corrected chi connectivity index (χ0v) is 11.5. The third-order valence-corrected chi connectivity index (χ3v) is 2.72. The zero-order valence-electron chi connectivity index (χ0n) is 9.19. The first-order valence-electron chi connectivity index (χ1n) is 4.82. The molecule has 0 radical (unpaired) electrons. The van der Waals surface area contributed by atoms with Crippen LogP contribution in [-0.2, 0) is 14.3 Å². The lowest BCUT2D eigenvalue weighted by Gasteiger charge is -2.20. The first-order chi connectivity index (χ1) is 7.75. The van der Waals surface area contributed by atoms with E-state index >= 15 is 0 Å². The topological polar surface area (TPSA) is 68.1 Å². The van der Waals surface area contributed by atoms with Gasteiger partial charge >= 0.3 is 5.97 Å². The fourth-order valence-electron chi connectivity index (χ4n) is 1.44. The molecule has 0 saturated heterocycles. The number of carbonyl (C=O) groups is 1. The summed E-state index contributed by atoms with van der Waals surface area (Å²) in [7, 11) is 1.26. The fraction of sp³-hybridized carbons (Fsp3) is 0.778. The van der Waals surface area contributed by atoms with Crippen molar-refractivity contribution in [2.45, 2.75) is 35.4 Å². The summed E-state index contributed by atoms with van der Waals surface area (Å²) >= 11 is 16.9. The lowest BCUT2D eigenvalue weighted by atomic mass is 10.0. The molecule has 0 aromatic rings. The van der Waals surface area contributed by atoms with Crippen molar-refractivity contribution in [2.24, 2.45) is 4.99 Å². The molecule has 0 aromatic heterocycles. The molecule has 0 spiro atoms. The van der Waals surface area contributed by atoms with Gasteiger partial charge in [-0.3, -0.25) is 4.79 Å². The molecule has 0 saturated carbocycles. The standard InChI is InChI=1S/C9H12Cl3NO4/c1-4(14)7-5(3-6(15)16-2)13-8(17-7)9(10,11)12/h4-5,7,14H,3H2,1-2H3/t4-,5+,7+/m0/s1. The highest BCUT2D eigenvalue weighted by Crippen LogP contribution is 2.34. The van der Waals surface area contributed by atoms with Gasteiger partial charge in [-0.05, 0) is 6.92 Å². The third-order valence-electron chi connectivity index (χ3n) is 2.23. The van der Waals surface area contributed by atoms with Crippen LogP contribution in [0.2, 0.25) is 0 Å². The molecule has 5 nitrogen and oxygen atoms in total. The lowest BCUT2D eigenvalue weighted by molar-refractivity contribution is -0.141. The minimum atomic E-state index is -1.81. The van der Waals surface area contributed by atoms with Crippen molar-refractivity contribution >= 4 is 46.7 Å². The summed E-state index contributed by atoms with van der Waals surface area (Å²) in [6, 6.07) is -0.618. The molecule has 1 rings (SSSR count). The van der Waals surface area contributed by atoms with Gasteiger partial charge in [-0.2, -0.15) is 0 Å². The van der Waals surface area contributed by atoms with Crippen LogP contribution in [0.15, 0.2) is 4.99 Å². The average molecular weight is 305 g/mol. The largest absolute Gasteiger partial charge is 0.470 e. The quantitative estimate of drug-likeness (QED) is 0.633. The van der Waals surface area contributed by atoms with Crippen LogP contribution < -0.4 is 0 Å². The maximum atomic E-state index is 11.2. The molecule has 0 aromatic carbocycles. The number of halogens is 3. The van der Waals surface area contributed by atoms with E-state index in [1.54, 1.807) is 0 Å². The van der Waals surface area contributed by atoms with Gasteiger partial charge in [-0.1, -0.05) is 34.8 Å². The van der Waals surface area contributed by atoms with Gasteiger partial charge in [-0.25, -0.2) is 4.99 Å². The number of aliphatic imine (C=N–C) groups is 1. The van der Waals surface area contributed by atoms with Crippen LogP contribution >= 0.6 is 34.8 Å². The number of nitrogens with zero attached hydrogens (tertiary/aromatic N) is 1. The number of aliphatic hydroxyl groups is 1. The zero-order chi connectivity index (χ0) is 13.2. The first kappa shape index (κ1) is 14.8. The number of methoxy groups -OCH3 is 1. The van der Waals surface area contributed by atoms with Crippen molar-refractivity contribution in [2.75, 3.05) is 7.11 Å². The van der Waals surface area contributed by atoms with Crippen molar-refractivity contribution in [3.63, 3.8) is 0 Å². The van der Waals surface area contributed by atoms with Crippen LogP contribution in [0.1, 0.15) is 13.3 Å². The molecule has 0 aliphatic carbocycles. The smallest absolute Gasteiger partial charge is 0.307 e. The molecule has 0 amide bonds. The molecule has 1 N–H and O–H groups in total. The minimum absolute atomic E-state index is 0.0453. The van der Waals surface area contributed by atoms with E-state index in [-0.39, 0.29) is 12.3 Å². The normalized spacial score (nSPS) is 26.1. The predicted octanol–water partition coefficient (Wildman–Crippen LogP) is 1.47. The number of ether oxygens (including phenoxy) is 2. The molecule has 0 fully saturated rings. The molecular weight excluding hydrogens is 292 g/mol. The summed E-state index contributed by atoms with van der Waals surface area (Å²) < 4.78 is 7.95. The van der Waals surface area contributed by atoms with Gasteiger partial charge in [0.2, 0.25) is 5.90 Å². The summed E-state index contributed by atoms with van der Waals surface area (Å²) in [4.78, 5) is 15.2. The van der Waals surface area contributed by atoms with Crippen molar-refractivity contribution in [1.29, 1.82) is 0 Å². The minimum Gasteiger partial charge on any atom is -0.470 e. The van der Waals surface area contributed by atoms with E-state index in [1.165, 1.54) is 14.0 Å². The Hall–Kier alpha value is -0.230. The Balaban J connectivity index is 2.82. The van der Waals surface area contributed by atoms with E-state index in [0.29, 0.717) is 0 Å². The predicted molar refractivity (Wildman–Crippen MR) is 64.7 cm³/mol. The SMILES string of the molecule is COC(=O)C[C@H]1N=C(C(Cl)(Cl)Cl)O[C@@H]1[C@H](C)O. The second-order valence-electron chi connectivity index (χ2n) is 3.60. The third kappa shape index (κ3) is 3.88. The highest BCUT2D eigenvalue weighted by Gasteiger charge is 2.43. The maximum Gasteiger partial charge on any atom is 0.307 e. The number of rotatable bonds is 3. The van der Waals surface area contributed by atoms with Gasteiger partial charge in [0.05, 0.1) is 19.6 Å². The number of hydrogen-bond acceptors (Lipinski definition) is 5. The number of carbonyl (C=O) groups excluding carboxylic acids is 1. The van der Waals surface area contributed by atoms with Crippen molar-refractivity contribution in [1.82, 2.24) is 0 Å². The van der Waals surface area contributed by atoms with Crippen LogP contribution in [0.5, 0.6) is 0 Å². The summed E-state index contributed by atoms with van der Waals surface area (Å²) in [5.74, 6) is -0.596. The van der Waals surface area contributed by atoms with Crippen LogP contribution in [0, 0.1) is 0 Å². The van der Waals surface area contributed by atoms with Gasteiger partial charge < -0.3 is 14.6 Å². The molecular formula is C9H12Cl3NO4. The summed E-state index contributed by atoms with van der Waals surface area (Å²) in [6.07, 6.45) is -1.62. The second kappa shape index (κ2) is 5.61. The molecule has 1 aliphatic heterocycles. The van der Waals surface area contributed by atoms with Crippen LogP contribution in [0.4, 0.5) is 0 Å². The van der Waals surface area contributed by atoms with Gasteiger partial charge in [0.15, 0.2) is 0 Å². The van der Waals surface area contributed by atoms with Crippen molar-refractivity contribution in [3.05, 3.63) is 0 Å². The van der Waals surface area contributed by atoms with E-state index in [9.17, 15) is 9.90 Å². The Bertz CT molecular complexity index is 327. The Kier molecular flexibility index (Phi) is 4.89. The lowest BCUT2D eigenvalue weighted by Crippen LogP contribution is -2.35.